The molecule has 1 amide bonds. The number of carbonyl (C=O) groups is 4. The van der Waals surface area contributed by atoms with E-state index in [1.165, 1.54) is 6.92 Å². The van der Waals surface area contributed by atoms with E-state index in [4.69, 9.17) is 9.47 Å². The third-order valence-corrected chi connectivity index (χ3v) is 3.85. The molecule has 0 radical (unpaired) electrons. The van der Waals surface area contributed by atoms with E-state index in [1.807, 2.05) is 30.3 Å². The van der Waals surface area contributed by atoms with Crippen LogP contribution in [-0.2, 0) is 25.5 Å². The third-order valence-electron chi connectivity index (χ3n) is 3.85. The fourth-order valence-electron chi connectivity index (χ4n) is 2.35. The molecule has 146 valence electrons. The molecular weight excluding hydrogens is 362 g/mol. The predicted octanol–water partition coefficient (Wildman–Crippen LogP) is 1.74. The van der Waals surface area contributed by atoms with Gasteiger partial charge in [-0.2, -0.15) is 0 Å². The van der Waals surface area contributed by atoms with Crippen LogP contribution in [0.4, 0.5) is 0 Å². The van der Waals surface area contributed by atoms with Gasteiger partial charge in [-0.05, 0) is 43.2 Å². The van der Waals surface area contributed by atoms with E-state index in [2.05, 4.69) is 5.32 Å². The Bertz CT molecular complexity index is 817. The van der Waals surface area contributed by atoms with Gasteiger partial charge in [0.2, 0.25) is 0 Å². The van der Waals surface area contributed by atoms with Crippen LogP contribution < -0.4 is 10.1 Å². The molecule has 7 heteroatoms. The van der Waals surface area contributed by atoms with Crippen LogP contribution in [0.2, 0.25) is 0 Å². The summed E-state index contributed by atoms with van der Waals surface area (Å²) in [7, 11) is 0. The molecule has 0 bridgehead atoms. The molecule has 2 aromatic carbocycles. The van der Waals surface area contributed by atoms with Gasteiger partial charge in [0.05, 0.1) is 6.04 Å². The first-order valence-corrected chi connectivity index (χ1v) is 8.65. The van der Waals surface area contributed by atoms with Crippen molar-refractivity contribution in [3.8, 4) is 5.75 Å². The molecule has 0 heterocycles. The van der Waals surface area contributed by atoms with E-state index in [9.17, 15) is 19.2 Å². The summed E-state index contributed by atoms with van der Waals surface area (Å²) in [5.41, 5.74) is 1.40. The normalized spacial score (nSPS) is 11.2. The first-order valence-electron chi connectivity index (χ1n) is 8.65. The number of esters is 1. The molecule has 0 spiro atoms. The van der Waals surface area contributed by atoms with Crippen LogP contribution in [0.3, 0.4) is 0 Å². The van der Waals surface area contributed by atoms with Crippen molar-refractivity contribution in [2.75, 3.05) is 13.2 Å². The molecule has 0 aliphatic heterocycles. The molecule has 0 unspecified atom stereocenters. The molecule has 0 saturated heterocycles. The van der Waals surface area contributed by atoms with Gasteiger partial charge in [0.15, 0.2) is 19.0 Å². The molecule has 0 aliphatic carbocycles. The fourth-order valence-corrected chi connectivity index (χ4v) is 2.35. The highest BCUT2D eigenvalue weighted by Crippen LogP contribution is 2.11. The molecular formula is C21H21NO6. The second-order valence-corrected chi connectivity index (χ2v) is 6.06. The van der Waals surface area contributed by atoms with E-state index in [0.29, 0.717) is 24.0 Å². The van der Waals surface area contributed by atoms with Gasteiger partial charge in [0.25, 0.3) is 5.91 Å². The molecule has 7 nitrogen and oxygen atoms in total. The third kappa shape index (κ3) is 7.03. The highest BCUT2D eigenvalue weighted by molar-refractivity contribution is 5.89. The molecule has 28 heavy (non-hydrogen) atoms. The van der Waals surface area contributed by atoms with Crippen LogP contribution in [0.15, 0.2) is 54.6 Å². The lowest BCUT2D eigenvalue weighted by Gasteiger charge is -2.16. The van der Waals surface area contributed by atoms with Crippen molar-refractivity contribution in [1.82, 2.24) is 5.32 Å². The number of carbonyl (C=O) groups excluding carboxylic acids is 4. The number of aldehydes is 1. The van der Waals surface area contributed by atoms with Gasteiger partial charge in [-0.3, -0.25) is 14.4 Å². The van der Waals surface area contributed by atoms with Crippen LogP contribution in [0.1, 0.15) is 22.8 Å². The molecule has 1 N–H and O–H groups in total. The van der Waals surface area contributed by atoms with Crippen LogP contribution in [0, 0.1) is 0 Å². The smallest absolute Gasteiger partial charge is 0.344 e. The first kappa shape index (κ1) is 20.8. The van der Waals surface area contributed by atoms with Crippen molar-refractivity contribution in [2.45, 2.75) is 19.4 Å². The second kappa shape index (κ2) is 10.6. The number of amides is 1. The lowest BCUT2D eigenvalue weighted by atomic mass is 10.0. The maximum absolute atomic E-state index is 12.0. The Hall–Kier alpha value is -3.48. The van der Waals surface area contributed by atoms with Gasteiger partial charge >= 0.3 is 5.97 Å². The quantitative estimate of drug-likeness (QED) is 0.496. The zero-order chi connectivity index (χ0) is 20.4. The number of nitrogens with one attached hydrogen (secondary N) is 1. The number of benzene rings is 2. The maximum Gasteiger partial charge on any atom is 0.344 e. The van der Waals surface area contributed by atoms with Crippen LogP contribution >= 0.6 is 0 Å². The SMILES string of the molecule is CC(=O)[C@H](Cc1ccccc1)NC(=O)COC(=O)COc1ccc(C=O)cc1. The summed E-state index contributed by atoms with van der Waals surface area (Å²) in [6.07, 6.45) is 1.05. The first-order chi connectivity index (χ1) is 13.5. The van der Waals surface area contributed by atoms with Crippen molar-refractivity contribution in [3.05, 3.63) is 65.7 Å². The summed E-state index contributed by atoms with van der Waals surface area (Å²) in [6.45, 7) is 0.502. The minimum atomic E-state index is -0.725. The van der Waals surface area contributed by atoms with Crippen molar-refractivity contribution < 1.29 is 28.7 Å². The Labute approximate surface area is 162 Å². The lowest BCUT2D eigenvalue weighted by Crippen LogP contribution is -2.43. The van der Waals surface area contributed by atoms with E-state index in [0.717, 1.165) is 5.56 Å². The molecule has 0 aliphatic rings. The van der Waals surface area contributed by atoms with E-state index < -0.39 is 24.5 Å². The topological polar surface area (TPSA) is 98.8 Å². The van der Waals surface area contributed by atoms with E-state index >= 15 is 0 Å². The standard InChI is InChI=1S/C21H21NO6/c1-15(24)19(11-16-5-3-2-4-6-16)22-20(25)13-28-21(26)14-27-18-9-7-17(12-23)8-10-18/h2-10,12,19H,11,13-14H2,1H3,(H,22,25)/t19-/m0/s1. The summed E-state index contributed by atoms with van der Waals surface area (Å²) in [6, 6.07) is 14.8. The van der Waals surface area contributed by atoms with E-state index in [1.54, 1.807) is 24.3 Å². The van der Waals surface area contributed by atoms with Crippen LogP contribution in [0.25, 0.3) is 0 Å². The molecule has 1 atom stereocenters. The number of hydrogen-bond acceptors (Lipinski definition) is 6. The summed E-state index contributed by atoms with van der Waals surface area (Å²) >= 11 is 0. The largest absolute Gasteiger partial charge is 0.482 e. The lowest BCUT2D eigenvalue weighted by molar-refractivity contribution is -0.150. The maximum atomic E-state index is 12.0. The Morgan fingerprint density at radius 3 is 2.29 bits per heavy atom. The summed E-state index contributed by atoms with van der Waals surface area (Å²) in [4.78, 5) is 46.0. The predicted molar refractivity (Wildman–Crippen MR) is 101 cm³/mol. The average Bonchev–Trinajstić information content (AvgIpc) is 2.71. The van der Waals surface area contributed by atoms with Gasteiger partial charge in [-0.25, -0.2) is 4.79 Å². The average molecular weight is 383 g/mol. The van der Waals surface area contributed by atoms with Gasteiger partial charge < -0.3 is 14.8 Å². The second-order valence-electron chi connectivity index (χ2n) is 6.06. The summed E-state index contributed by atoms with van der Waals surface area (Å²) in [5.74, 6) is -1.09. The number of rotatable bonds is 10. The minimum absolute atomic E-state index is 0.189. The number of hydrogen-bond donors (Lipinski definition) is 1. The van der Waals surface area contributed by atoms with Crippen molar-refractivity contribution in [3.63, 3.8) is 0 Å². The zero-order valence-corrected chi connectivity index (χ0v) is 15.4. The van der Waals surface area contributed by atoms with E-state index in [-0.39, 0.29) is 12.4 Å². The number of Topliss-reactive ketones (excluding diaryl/α,β-unsaturated/α-hetero) is 1. The fraction of sp³-hybridized carbons (Fsp3) is 0.238. The van der Waals surface area contributed by atoms with Crippen LogP contribution in [0.5, 0.6) is 5.75 Å². The van der Waals surface area contributed by atoms with Gasteiger partial charge in [-0.15, -0.1) is 0 Å². The Morgan fingerprint density at radius 2 is 1.68 bits per heavy atom. The zero-order valence-electron chi connectivity index (χ0n) is 15.4. The molecule has 2 aromatic rings. The van der Waals surface area contributed by atoms with Gasteiger partial charge in [0.1, 0.15) is 12.0 Å². The van der Waals surface area contributed by atoms with Crippen molar-refractivity contribution in [1.29, 1.82) is 0 Å². The van der Waals surface area contributed by atoms with Gasteiger partial charge in [0, 0.05) is 5.56 Å². The summed E-state index contributed by atoms with van der Waals surface area (Å²) < 4.78 is 10.1. The molecule has 0 aromatic heterocycles. The van der Waals surface area contributed by atoms with Crippen LogP contribution in [-0.4, -0.2) is 43.2 Å². The highest BCUT2D eigenvalue weighted by atomic mass is 16.6. The monoisotopic (exact) mass is 383 g/mol. The highest BCUT2D eigenvalue weighted by Gasteiger charge is 2.18. The summed E-state index contributed by atoms with van der Waals surface area (Å²) in [5, 5.41) is 2.57. The van der Waals surface area contributed by atoms with Crippen molar-refractivity contribution in [2.24, 2.45) is 0 Å². The number of ketones is 1. The molecule has 2 rings (SSSR count). The van der Waals surface area contributed by atoms with Gasteiger partial charge in [-0.1, -0.05) is 30.3 Å². The number of ether oxygens (including phenoxy) is 2. The Kier molecular flexibility index (Phi) is 7.90. The Morgan fingerprint density at radius 1 is 1.00 bits per heavy atom. The Balaban J connectivity index is 1.75. The molecule has 0 fully saturated rings. The molecule has 0 saturated carbocycles. The minimum Gasteiger partial charge on any atom is -0.482 e. The van der Waals surface area contributed by atoms with Crippen molar-refractivity contribution >= 4 is 23.9 Å².